The molecule has 0 fully saturated rings. The first-order valence-corrected chi connectivity index (χ1v) is 9.88. The third-order valence-electron chi connectivity index (χ3n) is 4.33. The molecule has 2 N–H and O–H groups in total. The number of benzene rings is 2. The number of halogens is 4. The molecule has 11 heteroatoms. The third-order valence-corrected chi connectivity index (χ3v) is 4.83. The van der Waals surface area contributed by atoms with Crippen LogP contribution in [0.15, 0.2) is 53.0 Å². The Hall–Kier alpha value is -3.21. The average molecular weight is 496 g/mol. The molecule has 7 nitrogen and oxygen atoms in total. The van der Waals surface area contributed by atoms with Crippen LogP contribution in [0.2, 0.25) is 0 Å². The van der Waals surface area contributed by atoms with Crippen molar-refractivity contribution in [2.45, 2.75) is 13.1 Å². The van der Waals surface area contributed by atoms with Crippen LogP contribution in [0, 0.1) is 6.92 Å². The number of nitrogens with one attached hydrogen (secondary N) is 2. The highest BCUT2D eigenvalue weighted by atomic mass is 79.9. The van der Waals surface area contributed by atoms with Crippen molar-refractivity contribution >= 4 is 27.7 Å². The lowest BCUT2D eigenvalue weighted by molar-refractivity contribution is -0.137. The van der Waals surface area contributed by atoms with E-state index in [4.69, 9.17) is 0 Å². The van der Waals surface area contributed by atoms with Crippen LogP contribution in [0.3, 0.4) is 0 Å². The highest BCUT2D eigenvalue weighted by Gasteiger charge is 2.30. The summed E-state index contributed by atoms with van der Waals surface area (Å²) in [5, 5.41) is 13.1. The Morgan fingerprint density at radius 3 is 2.29 bits per heavy atom. The SMILES string of the molecule is Cc1c(C(=O)NCCNC(=O)c2ccc(C(F)(F)F)cc2)nnn1-c1cccc(Br)c1. The molecule has 31 heavy (non-hydrogen) atoms. The lowest BCUT2D eigenvalue weighted by Crippen LogP contribution is -2.35. The summed E-state index contributed by atoms with van der Waals surface area (Å²) in [7, 11) is 0. The first-order valence-electron chi connectivity index (χ1n) is 9.08. The van der Waals surface area contributed by atoms with Gasteiger partial charge in [-0.1, -0.05) is 27.2 Å². The van der Waals surface area contributed by atoms with Crippen molar-refractivity contribution in [3.05, 3.63) is 75.5 Å². The Bertz CT molecular complexity index is 1100. The van der Waals surface area contributed by atoms with Gasteiger partial charge < -0.3 is 10.6 Å². The maximum atomic E-state index is 12.6. The molecule has 3 rings (SSSR count). The first kappa shape index (κ1) is 22.5. The van der Waals surface area contributed by atoms with Gasteiger partial charge in [-0.05, 0) is 49.4 Å². The lowest BCUT2D eigenvalue weighted by atomic mass is 10.1. The minimum absolute atomic E-state index is 0.0877. The van der Waals surface area contributed by atoms with E-state index in [0.717, 1.165) is 34.4 Å². The van der Waals surface area contributed by atoms with E-state index in [9.17, 15) is 22.8 Å². The zero-order valence-electron chi connectivity index (χ0n) is 16.2. The molecule has 1 heterocycles. The Kier molecular flexibility index (Phi) is 6.74. The summed E-state index contributed by atoms with van der Waals surface area (Å²) in [5.74, 6) is -0.998. The maximum Gasteiger partial charge on any atom is 0.416 e. The van der Waals surface area contributed by atoms with Crippen molar-refractivity contribution in [1.29, 1.82) is 0 Å². The molecule has 2 amide bonds. The van der Waals surface area contributed by atoms with Crippen LogP contribution in [0.4, 0.5) is 13.2 Å². The molecule has 0 radical (unpaired) electrons. The molecule has 0 aliphatic carbocycles. The highest BCUT2D eigenvalue weighted by molar-refractivity contribution is 9.10. The third kappa shape index (κ3) is 5.48. The fraction of sp³-hybridized carbons (Fsp3) is 0.200. The molecule has 0 saturated carbocycles. The average Bonchev–Trinajstić information content (AvgIpc) is 3.12. The van der Waals surface area contributed by atoms with Crippen LogP contribution in [0.1, 0.15) is 32.1 Å². The monoisotopic (exact) mass is 495 g/mol. The minimum atomic E-state index is -4.46. The van der Waals surface area contributed by atoms with Crippen molar-refractivity contribution < 1.29 is 22.8 Å². The van der Waals surface area contributed by atoms with E-state index in [2.05, 4.69) is 36.9 Å². The summed E-state index contributed by atoms with van der Waals surface area (Å²) in [4.78, 5) is 24.4. The van der Waals surface area contributed by atoms with Gasteiger partial charge in [0, 0.05) is 23.1 Å². The molecule has 0 aliphatic heterocycles. The Morgan fingerprint density at radius 2 is 1.68 bits per heavy atom. The molecule has 0 atom stereocenters. The zero-order valence-corrected chi connectivity index (χ0v) is 17.8. The fourth-order valence-corrected chi connectivity index (χ4v) is 3.13. The zero-order chi connectivity index (χ0) is 22.6. The largest absolute Gasteiger partial charge is 0.416 e. The Balaban J connectivity index is 1.52. The van der Waals surface area contributed by atoms with Crippen LogP contribution >= 0.6 is 15.9 Å². The van der Waals surface area contributed by atoms with Crippen molar-refractivity contribution in [2.75, 3.05) is 13.1 Å². The second-order valence-corrected chi connectivity index (χ2v) is 7.42. The molecule has 0 saturated heterocycles. The number of alkyl halides is 3. The van der Waals surface area contributed by atoms with Crippen molar-refractivity contribution in [3.8, 4) is 5.69 Å². The molecule has 3 aromatic rings. The number of carbonyl (C=O) groups excluding carboxylic acids is 2. The molecule has 2 aromatic carbocycles. The van der Waals surface area contributed by atoms with Crippen molar-refractivity contribution in [1.82, 2.24) is 25.6 Å². The van der Waals surface area contributed by atoms with Crippen LogP contribution in [-0.4, -0.2) is 39.9 Å². The summed E-state index contributed by atoms with van der Waals surface area (Å²) in [5.41, 5.74) is 0.690. The molecule has 162 valence electrons. The lowest BCUT2D eigenvalue weighted by Gasteiger charge is -2.09. The number of hydrogen-bond donors (Lipinski definition) is 2. The fourth-order valence-electron chi connectivity index (χ4n) is 2.74. The number of rotatable bonds is 6. The number of carbonyl (C=O) groups is 2. The first-order chi connectivity index (χ1) is 14.7. The molecule has 1 aromatic heterocycles. The van der Waals surface area contributed by atoms with Gasteiger partial charge in [-0.2, -0.15) is 13.2 Å². The Morgan fingerprint density at radius 1 is 1.03 bits per heavy atom. The van der Waals surface area contributed by atoms with E-state index in [1.54, 1.807) is 6.92 Å². The summed E-state index contributed by atoms with van der Waals surface area (Å²) in [6.07, 6.45) is -4.46. The van der Waals surface area contributed by atoms with Gasteiger partial charge >= 0.3 is 6.18 Å². The van der Waals surface area contributed by atoms with Gasteiger partial charge in [-0.15, -0.1) is 5.10 Å². The second-order valence-electron chi connectivity index (χ2n) is 6.50. The van der Waals surface area contributed by atoms with Crippen LogP contribution in [0.25, 0.3) is 5.69 Å². The molecule has 0 unspecified atom stereocenters. The van der Waals surface area contributed by atoms with Gasteiger partial charge in [0.1, 0.15) is 0 Å². The van der Waals surface area contributed by atoms with Crippen LogP contribution < -0.4 is 10.6 Å². The van der Waals surface area contributed by atoms with Gasteiger partial charge in [0.25, 0.3) is 11.8 Å². The number of aromatic nitrogens is 3. The maximum absolute atomic E-state index is 12.6. The standard InChI is InChI=1S/C20H17BrF3N5O2/c1-12-17(27-28-29(12)16-4-2-3-15(21)11-16)19(31)26-10-9-25-18(30)13-5-7-14(8-6-13)20(22,23)24/h2-8,11H,9-10H2,1H3,(H,25,30)(H,26,31). The second kappa shape index (κ2) is 9.29. The van der Waals surface area contributed by atoms with Crippen molar-refractivity contribution in [2.24, 2.45) is 0 Å². The quantitative estimate of drug-likeness (QED) is 0.512. The smallest absolute Gasteiger partial charge is 0.350 e. The van der Waals surface area contributed by atoms with E-state index in [0.29, 0.717) is 5.69 Å². The molecule has 0 aliphatic rings. The topological polar surface area (TPSA) is 88.9 Å². The number of hydrogen-bond acceptors (Lipinski definition) is 4. The van der Waals surface area contributed by atoms with E-state index < -0.39 is 23.6 Å². The normalized spacial score (nSPS) is 11.3. The van der Waals surface area contributed by atoms with Crippen LogP contribution in [-0.2, 0) is 6.18 Å². The van der Waals surface area contributed by atoms with E-state index in [1.165, 1.54) is 4.68 Å². The van der Waals surface area contributed by atoms with Crippen LogP contribution in [0.5, 0.6) is 0 Å². The van der Waals surface area contributed by atoms with E-state index in [1.807, 2.05) is 24.3 Å². The summed E-state index contributed by atoms with van der Waals surface area (Å²) < 4.78 is 40.1. The minimum Gasteiger partial charge on any atom is -0.350 e. The van der Waals surface area contributed by atoms with Gasteiger partial charge in [-0.3, -0.25) is 9.59 Å². The van der Waals surface area contributed by atoms with E-state index >= 15 is 0 Å². The van der Waals surface area contributed by atoms with Crippen molar-refractivity contribution in [3.63, 3.8) is 0 Å². The molecular formula is C20H17BrF3N5O2. The molecular weight excluding hydrogens is 479 g/mol. The molecule has 0 spiro atoms. The van der Waals surface area contributed by atoms with Gasteiger partial charge in [0.05, 0.1) is 16.9 Å². The summed E-state index contributed by atoms with van der Waals surface area (Å²) in [6.45, 7) is 1.90. The summed E-state index contributed by atoms with van der Waals surface area (Å²) in [6, 6.07) is 11.2. The van der Waals surface area contributed by atoms with Gasteiger partial charge in [0.15, 0.2) is 5.69 Å². The summed E-state index contributed by atoms with van der Waals surface area (Å²) >= 11 is 3.38. The predicted molar refractivity (Wildman–Crippen MR) is 110 cm³/mol. The predicted octanol–water partition coefficient (Wildman–Crippen LogP) is 3.52. The highest BCUT2D eigenvalue weighted by Crippen LogP contribution is 2.29. The van der Waals surface area contributed by atoms with Gasteiger partial charge in [-0.25, -0.2) is 4.68 Å². The van der Waals surface area contributed by atoms with Gasteiger partial charge in [0.2, 0.25) is 0 Å². The number of amides is 2. The molecule has 0 bridgehead atoms. The Labute approximate surface area is 183 Å². The van der Waals surface area contributed by atoms with E-state index in [-0.39, 0.29) is 24.3 Å². The number of nitrogens with zero attached hydrogens (tertiary/aromatic N) is 3.